The first-order valence-electron chi connectivity index (χ1n) is 5.92. The van der Waals surface area contributed by atoms with Crippen molar-refractivity contribution >= 4 is 23.1 Å². The molecule has 6 heteroatoms. The fourth-order valence-electron chi connectivity index (χ4n) is 1.77. The zero-order valence-corrected chi connectivity index (χ0v) is 11.8. The van der Waals surface area contributed by atoms with Gasteiger partial charge in [-0.2, -0.15) is 0 Å². The van der Waals surface area contributed by atoms with Crippen molar-refractivity contribution in [2.45, 2.75) is 26.4 Å². The van der Waals surface area contributed by atoms with E-state index in [1.165, 1.54) is 12.1 Å². The van der Waals surface area contributed by atoms with Gasteiger partial charge in [-0.1, -0.05) is 12.2 Å². The monoisotopic (exact) mass is 283 g/mol. The Hall–Kier alpha value is -1.53. The molecule has 4 nitrogen and oxygen atoms in total. The number of thiocarbonyl (C=S) groups is 1. The smallest absolute Gasteiger partial charge is 0.231 e. The molecular formula is C13H18FN3OS. The van der Waals surface area contributed by atoms with Crippen LogP contribution in [0.25, 0.3) is 0 Å². The van der Waals surface area contributed by atoms with Gasteiger partial charge in [0.15, 0.2) is 0 Å². The van der Waals surface area contributed by atoms with Crippen LogP contribution < -0.4 is 11.5 Å². The van der Waals surface area contributed by atoms with Crippen molar-refractivity contribution in [1.29, 1.82) is 0 Å². The summed E-state index contributed by atoms with van der Waals surface area (Å²) in [5, 5.41) is 0. The van der Waals surface area contributed by atoms with Gasteiger partial charge in [0, 0.05) is 18.2 Å². The molecule has 1 aromatic rings. The lowest BCUT2D eigenvalue weighted by Gasteiger charge is -2.26. The highest BCUT2D eigenvalue weighted by Crippen LogP contribution is 2.15. The highest BCUT2D eigenvalue weighted by molar-refractivity contribution is 7.80. The van der Waals surface area contributed by atoms with E-state index in [-0.39, 0.29) is 23.4 Å². The number of hydrogen-bond acceptors (Lipinski definition) is 3. The number of nitrogens with two attached hydrogens (primary N) is 2. The fraction of sp³-hybridized carbons (Fsp3) is 0.385. The molecule has 0 aliphatic carbocycles. The van der Waals surface area contributed by atoms with Gasteiger partial charge >= 0.3 is 0 Å². The third kappa shape index (κ3) is 4.57. The molecule has 0 unspecified atom stereocenters. The van der Waals surface area contributed by atoms with Gasteiger partial charge in [-0.3, -0.25) is 9.69 Å². The molecule has 1 aromatic carbocycles. The molecule has 0 saturated carbocycles. The first kappa shape index (κ1) is 15.5. The summed E-state index contributed by atoms with van der Waals surface area (Å²) in [5.74, 6) is -0.792. The number of primary amides is 1. The van der Waals surface area contributed by atoms with Gasteiger partial charge in [-0.25, -0.2) is 4.39 Å². The second-order valence-electron chi connectivity index (χ2n) is 4.63. The predicted octanol–water partition coefficient (Wildman–Crippen LogP) is 1.16. The topological polar surface area (TPSA) is 72.3 Å². The Morgan fingerprint density at radius 1 is 1.42 bits per heavy atom. The Morgan fingerprint density at radius 2 is 2.05 bits per heavy atom. The molecule has 0 heterocycles. The Bertz CT molecular complexity index is 491. The van der Waals surface area contributed by atoms with E-state index in [4.69, 9.17) is 23.7 Å². The summed E-state index contributed by atoms with van der Waals surface area (Å²) in [4.78, 5) is 13.1. The van der Waals surface area contributed by atoms with E-state index < -0.39 is 5.91 Å². The zero-order chi connectivity index (χ0) is 14.6. The maximum absolute atomic E-state index is 13.3. The number of benzene rings is 1. The highest BCUT2D eigenvalue weighted by atomic mass is 32.1. The Kier molecular flexibility index (Phi) is 5.38. The van der Waals surface area contributed by atoms with Crippen molar-refractivity contribution in [3.8, 4) is 0 Å². The molecule has 0 fully saturated rings. The third-order valence-electron chi connectivity index (χ3n) is 2.80. The molecule has 104 valence electrons. The summed E-state index contributed by atoms with van der Waals surface area (Å²) in [6.07, 6.45) is 0. The number of carbonyl (C=O) groups excluding carboxylic acids is 1. The maximum Gasteiger partial charge on any atom is 0.231 e. The average molecular weight is 283 g/mol. The first-order valence-corrected chi connectivity index (χ1v) is 6.32. The lowest BCUT2D eigenvalue weighted by Crippen LogP contribution is -2.38. The Balaban J connectivity index is 3.04. The lowest BCUT2D eigenvalue weighted by atomic mass is 10.1. The number of halogens is 1. The van der Waals surface area contributed by atoms with Gasteiger partial charge in [-0.05, 0) is 37.6 Å². The fourth-order valence-corrected chi connectivity index (χ4v) is 1.97. The number of nitrogens with zero attached hydrogens (tertiary/aromatic N) is 1. The number of hydrogen-bond donors (Lipinski definition) is 2. The molecule has 0 aromatic heterocycles. The molecule has 0 spiro atoms. The summed E-state index contributed by atoms with van der Waals surface area (Å²) < 4.78 is 13.3. The Morgan fingerprint density at radius 3 is 2.53 bits per heavy atom. The van der Waals surface area contributed by atoms with E-state index in [1.54, 1.807) is 6.07 Å². The van der Waals surface area contributed by atoms with Crippen LogP contribution in [0.5, 0.6) is 0 Å². The van der Waals surface area contributed by atoms with E-state index in [1.807, 2.05) is 18.7 Å². The minimum absolute atomic E-state index is 0.0926. The van der Waals surface area contributed by atoms with Crippen molar-refractivity contribution in [2.75, 3.05) is 6.54 Å². The van der Waals surface area contributed by atoms with Crippen molar-refractivity contribution in [3.05, 3.63) is 35.1 Å². The molecule has 0 bridgehead atoms. The van der Waals surface area contributed by atoms with Crippen LogP contribution in [0.4, 0.5) is 4.39 Å². The van der Waals surface area contributed by atoms with Crippen LogP contribution in [0.3, 0.4) is 0 Å². The second-order valence-corrected chi connectivity index (χ2v) is 5.07. The summed E-state index contributed by atoms with van der Waals surface area (Å²) in [7, 11) is 0. The van der Waals surface area contributed by atoms with E-state index in [2.05, 4.69) is 0 Å². The van der Waals surface area contributed by atoms with E-state index in [0.717, 1.165) is 0 Å². The molecular weight excluding hydrogens is 265 g/mol. The van der Waals surface area contributed by atoms with Crippen molar-refractivity contribution < 1.29 is 9.18 Å². The molecule has 0 aliphatic heterocycles. The zero-order valence-electron chi connectivity index (χ0n) is 11.0. The van der Waals surface area contributed by atoms with Crippen LogP contribution in [-0.4, -0.2) is 28.4 Å². The highest BCUT2D eigenvalue weighted by Gasteiger charge is 2.16. The van der Waals surface area contributed by atoms with Gasteiger partial charge in [0.25, 0.3) is 0 Å². The Labute approximate surface area is 117 Å². The van der Waals surface area contributed by atoms with Gasteiger partial charge in [0.05, 0.1) is 6.54 Å². The molecule has 4 N–H and O–H groups in total. The number of rotatable bonds is 6. The summed E-state index contributed by atoms with van der Waals surface area (Å²) in [6.45, 7) is 4.33. The van der Waals surface area contributed by atoms with Crippen LogP contribution in [0.2, 0.25) is 0 Å². The van der Waals surface area contributed by atoms with Crippen LogP contribution in [0.15, 0.2) is 18.2 Å². The summed E-state index contributed by atoms with van der Waals surface area (Å²) >= 11 is 4.94. The molecule has 0 atom stereocenters. The molecule has 1 amide bonds. The number of carbonyl (C=O) groups is 1. The molecule has 19 heavy (non-hydrogen) atoms. The van der Waals surface area contributed by atoms with Gasteiger partial charge in [0.1, 0.15) is 10.8 Å². The third-order valence-corrected chi connectivity index (χ3v) is 3.02. The van der Waals surface area contributed by atoms with Crippen LogP contribution in [0.1, 0.15) is 25.0 Å². The largest absolute Gasteiger partial charge is 0.389 e. The standard InChI is InChI=1S/C13H18FN3OS/c1-8(2)17(7-12(15)18)6-9-5-10(14)3-4-11(9)13(16)19/h3-5,8H,6-7H2,1-2H3,(H2,15,18)(H2,16,19). The normalized spacial score (nSPS) is 11.0. The van der Waals surface area contributed by atoms with E-state index in [9.17, 15) is 9.18 Å². The maximum atomic E-state index is 13.3. The SMILES string of the molecule is CC(C)N(CC(N)=O)Cc1cc(F)ccc1C(N)=S. The molecule has 1 rings (SSSR count). The van der Waals surface area contributed by atoms with E-state index in [0.29, 0.717) is 17.7 Å². The van der Waals surface area contributed by atoms with Gasteiger partial charge in [-0.15, -0.1) is 0 Å². The second kappa shape index (κ2) is 6.58. The van der Waals surface area contributed by atoms with Crippen LogP contribution in [-0.2, 0) is 11.3 Å². The van der Waals surface area contributed by atoms with Crippen molar-refractivity contribution in [1.82, 2.24) is 4.90 Å². The predicted molar refractivity (Wildman–Crippen MR) is 77.0 cm³/mol. The summed E-state index contributed by atoms with van der Waals surface area (Å²) in [5.41, 5.74) is 12.1. The number of amides is 1. The van der Waals surface area contributed by atoms with Crippen LogP contribution in [0, 0.1) is 5.82 Å². The first-order chi connectivity index (χ1) is 8.81. The van der Waals surface area contributed by atoms with Crippen molar-refractivity contribution in [3.63, 3.8) is 0 Å². The van der Waals surface area contributed by atoms with Crippen LogP contribution >= 0.6 is 12.2 Å². The molecule has 0 saturated heterocycles. The molecule has 0 aliphatic rings. The van der Waals surface area contributed by atoms with E-state index >= 15 is 0 Å². The average Bonchev–Trinajstić information content (AvgIpc) is 2.26. The minimum atomic E-state index is -0.429. The minimum Gasteiger partial charge on any atom is -0.389 e. The quantitative estimate of drug-likeness (QED) is 0.768. The van der Waals surface area contributed by atoms with Gasteiger partial charge < -0.3 is 11.5 Å². The summed E-state index contributed by atoms with van der Waals surface area (Å²) in [6, 6.07) is 4.34. The van der Waals surface area contributed by atoms with Crippen molar-refractivity contribution in [2.24, 2.45) is 11.5 Å². The lowest BCUT2D eigenvalue weighted by molar-refractivity contribution is -0.119. The molecule has 0 radical (unpaired) electrons. The van der Waals surface area contributed by atoms with Gasteiger partial charge in [0.2, 0.25) is 5.91 Å².